The van der Waals surface area contributed by atoms with Crippen LogP contribution in [0.1, 0.15) is 0 Å². The fourth-order valence-electron chi connectivity index (χ4n) is 0.556. The molecule has 0 bridgehead atoms. The van der Waals surface area contributed by atoms with Crippen LogP contribution < -0.4 is 0 Å². The van der Waals surface area contributed by atoms with Crippen molar-refractivity contribution in [2.75, 3.05) is 0 Å². The summed E-state index contributed by atoms with van der Waals surface area (Å²) < 4.78 is 0. The Balaban J connectivity index is 2.98. The molecule has 0 saturated carbocycles. The van der Waals surface area contributed by atoms with E-state index in [1.54, 1.807) is 18.2 Å². The summed E-state index contributed by atoms with van der Waals surface area (Å²) in [6.07, 6.45) is 0. The summed E-state index contributed by atoms with van der Waals surface area (Å²) in [5.41, 5.74) is 0.248. The summed E-state index contributed by atoms with van der Waals surface area (Å²) in [6.45, 7) is 0. The molecule has 0 aliphatic heterocycles. The molecule has 0 amide bonds. The van der Waals surface area contributed by atoms with Gasteiger partial charge in [0.2, 0.25) is 0 Å². The van der Waals surface area contributed by atoms with Gasteiger partial charge in [-0.3, -0.25) is 0 Å². The Morgan fingerprint density at radius 1 is 1.22 bits per heavy atom. The summed E-state index contributed by atoms with van der Waals surface area (Å²) in [5.74, 6) is 0. The molecule has 0 aliphatic rings. The van der Waals surface area contributed by atoms with Gasteiger partial charge < -0.3 is 0 Å². The first-order valence-corrected chi connectivity index (χ1v) is 2.52. The van der Waals surface area contributed by atoms with Crippen LogP contribution in [-0.4, -0.2) is 10.1 Å². The highest BCUT2D eigenvalue weighted by Gasteiger charge is 2.06. The van der Waals surface area contributed by atoms with Crippen LogP contribution in [0, 0.1) is 4.91 Å². The van der Waals surface area contributed by atoms with Crippen molar-refractivity contribution in [2.45, 2.75) is 0 Å². The summed E-state index contributed by atoms with van der Waals surface area (Å²) in [6, 6.07) is 8.17. The van der Waals surface area contributed by atoms with Crippen molar-refractivity contribution in [1.82, 2.24) is 0 Å². The second kappa shape index (κ2) is 2.26. The van der Waals surface area contributed by atoms with Gasteiger partial charge >= 0.3 is 5.69 Å². The van der Waals surface area contributed by atoms with Gasteiger partial charge in [-0.15, -0.1) is 0 Å². The largest absolute Gasteiger partial charge is 0.316 e. The van der Waals surface area contributed by atoms with Gasteiger partial charge in [-0.25, -0.2) is 5.21 Å². The predicted molar refractivity (Wildman–Crippen MR) is 31.5 cm³/mol. The Labute approximate surface area is 52.1 Å². The number of hydrogen-bond acceptors (Lipinski definition) is 1. The second-order valence-corrected chi connectivity index (χ2v) is 1.61. The lowest BCUT2D eigenvalue weighted by Gasteiger charge is -1.78. The first kappa shape index (κ1) is 5.75. The van der Waals surface area contributed by atoms with Gasteiger partial charge in [0, 0.05) is 12.1 Å². The van der Waals surface area contributed by atoms with E-state index in [4.69, 9.17) is 5.21 Å². The molecule has 0 unspecified atom stereocenters. The van der Waals surface area contributed by atoms with Crippen LogP contribution in [-0.2, 0) is 0 Å². The van der Waals surface area contributed by atoms with Gasteiger partial charge in [0.15, 0.2) is 0 Å². The Kier molecular flexibility index (Phi) is 1.44. The first-order valence-electron chi connectivity index (χ1n) is 2.52. The van der Waals surface area contributed by atoms with E-state index < -0.39 is 0 Å². The zero-order valence-corrected chi connectivity index (χ0v) is 4.69. The molecular formula is C6H6NO2+. The molecular weight excluding hydrogens is 118 g/mol. The average molecular weight is 124 g/mol. The summed E-state index contributed by atoms with van der Waals surface area (Å²) in [4.78, 5) is 9.95. The summed E-state index contributed by atoms with van der Waals surface area (Å²) in [7, 11) is 0. The Bertz CT molecular complexity index is 208. The van der Waals surface area contributed by atoms with Crippen molar-refractivity contribution < 1.29 is 10.1 Å². The molecule has 0 fully saturated rings. The lowest BCUT2D eigenvalue weighted by atomic mass is 10.3. The third kappa shape index (κ3) is 1.25. The van der Waals surface area contributed by atoms with E-state index >= 15 is 0 Å². The maximum absolute atomic E-state index is 10.1. The van der Waals surface area contributed by atoms with Crippen molar-refractivity contribution in [3.63, 3.8) is 0 Å². The van der Waals surface area contributed by atoms with Crippen molar-refractivity contribution in [2.24, 2.45) is 0 Å². The first-order chi connectivity index (χ1) is 4.30. The van der Waals surface area contributed by atoms with Crippen molar-refractivity contribution in [3.05, 3.63) is 35.2 Å². The molecule has 9 heavy (non-hydrogen) atoms. The van der Waals surface area contributed by atoms with Crippen LogP contribution in [0.4, 0.5) is 5.69 Å². The molecule has 0 atom stereocenters. The molecule has 0 spiro atoms. The number of para-hydroxylation sites is 1. The number of rotatable bonds is 1. The fourth-order valence-corrected chi connectivity index (χ4v) is 0.556. The van der Waals surface area contributed by atoms with E-state index in [1.807, 2.05) is 0 Å². The minimum absolute atomic E-state index is 0.167. The highest BCUT2D eigenvalue weighted by molar-refractivity contribution is 5.27. The Morgan fingerprint density at radius 2 is 1.78 bits per heavy atom. The molecule has 1 aromatic carbocycles. The summed E-state index contributed by atoms with van der Waals surface area (Å²) >= 11 is 0. The molecule has 3 heteroatoms. The van der Waals surface area contributed by atoms with E-state index in [0.717, 1.165) is 0 Å². The quantitative estimate of drug-likeness (QED) is 0.576. The van der Waals surface area contributed by atoms with Crippen LogP contribution >= 0.6 is 0 Å². The highest BCUT2D eigenvalue weighted by atomic mass is 16.6. The number of nitrogens with zero attached hydrogens (tertiary/aromatic N) is 1. The molecule has 0 aromatic heterocycles. The highest BCUT2D eigenvalue weighted by Crippen LogP contribution is 2.05. The van der Waals surface area contributed by atoms with E-state index in [2.05, 4.69) is 0 Å². The minimum Gasteiger partial charge on any atom is -0.241 e. The van der Waals surface area contributed by atoms with E-state index in [0.29, 0.717) is 0 Å². The molecule has 1 N–H and O–H groups in total. The molecule has 0 radical (unpaired) electrons. The molecule has 1 rings (SSSR count). The van der Waals surface area contributed by atoms with Crippen LogP contribution in [0.15, 0.2) is 30.3 Å². The topological polar surface area (TPSA) is 40.3 Å². The summed E-state index contributed by atoms with van der Waals surface area (Å²) in [5, 5.41) is 8.30. The lowest BCUT2D eigenvalue weighted by Crippen LogP contribution is -1.89. The van der Waals surface area contributed by atoms with Gasteiger partial charge in [0.1, 0.15) is 0 Å². The van der Waals surface area contributed by atoms with Crippen molar-refractivity contribution >= 4 is 5.69 Å². The maximum Gasteiger partial charge on any atom is 0.316 e. The van der Waals surface area contributed by atoms with Gasteiger partial charge in [-0.1, -0.05) is 18.2 Å². The van der Waals surface area contributed by atoms with Gasteiger partial charge in [0.05, 0.1) is 4.91 Å². The third-order valence-electron chi connectivity index (χ3n) is 0.977. The molecule has 3 nitrogen and oxygen atoms in total. The van der Waals surface area contributed by atoms with E-state index in [1.165, 1.54) is 12.1 Å². The molecule has 0 saturated heterocycles. The van der Waals surface area contributed by atoms with Crippen LogP contribution in [0.25, 0.3) is 0 Å². The maximum atomic E-state index is 10.1. The van der Waals surface area contributed by atoms with Gasteiger partial charge in [-0.2, -0.15) is 0 Å². The minimum atomic E-state index is -0.167. The average Bonchev–Trinajstić information content (AvgIpc) is 1.90. The second-order valence-electron chi connectivity index (χ2n) is 1.61. The predicted octanol–water partition coefficient (Wildman–Crippen LogP) is 1.49. The monoisotopic (exact) mass is 124 g/mol. The number of hydrogen-bond donors (Lipinski definition) is 1. The third-order valence-corrected chi connectivity index (χ3v) is 0.977. The molecule has 1 aromatic rings. The SMILES string of the molecule is O=[N+](O)c1ccccc1. The van der Waals surface area contributed by atoms with Gasteiger partial charge in [0.25, 0.3) is 4.92 Å². The van der Waals surface area contributed by atoms with Gasteiger partial charge in [-0.05, 0) is 0 Å². The van der Waals surface area contributed by atoms with Crippen LogP contribution in [0.5, 0.6) is 0 Å². The lowest BCUT2D eigenvalue weighted by molar-refractivity contribution is -0.729. The van der Waals surface area contributed by atoms with Crippen LogP contribution in [0.3, 0.4) is 0 Å². The molecule has 0 heterocycles. The molecule has 46 valence electrons. The zero-order valence-electron chi connectivity index (χ0n) is 4.69. The fraction of sp³-hybridized carbons (Fsp3) is 0. The van der Waals surface area contributed by atoms with Crippen LogP contribution in [0.2, 0.25) is 0 Å². The standard InChI is InChI=1S/C6H6NO2/c8-7(9)6-4-2-1-3-5-6/h1-5H,(H,8,9)/q+1. The van der Waals surface area contributed by atoms with E-state index in [9.17, 15) is 4.91 Å². The number of benzene rings is 1. The van der Waals surface area contributed by atoms with Crippen molar-refractivity contribution in [1.29, 1.82) is 0 Å². The Morgan fingerprint density at radius 3 is 2.11 bits per heavy atom. The smallest absolute Gasteiger partial charge is 0.241 e. The molecule has 0 aliphatic carbocycles. The zero-order chi connectivity index (χ0) is 6.69. The van der Waals surface area contributed by atoms with E-state index in [-0.39, 0.29) is 10.6 Å². The Hall–Kier alpha value is -1.38. The normalized spacial score (nSPS) is 8.89. The van der Waals surface area contributed by atoms with Crippen molar-refractivity contribution in [3.8, 4) is 0 Å².